The van der Waals surface area contributed by atoms with Gasteiger partial charge in [-0.1, -0.05) is 30.9 Å². The van der Waals surface area contributed by atoms with Crippen LogP contribution < -0.4 is 10.6 Å². The standard InChI is InChI=1S/C16H18ClFN4/c17-13-10-12(6-7-14(13)18)21-16-19-9-8-15(22-16)20-11-4-2-1-3-5-11/h6-11H,1-5H2,(H2,19,20,21,22). The zero-order valence-electron chi connectivity index (χ0n) is 12.1. The van der Waals surface area contributed by atoms with Gasteiger partial charge in [-0.25, -0.2) is 9.37 Å². The van der Waals surface area contributed by atoms with Gasteiger partial charge in [0, 0.05) is 17.9 Å². The van der Waals surface area contributed by atoms with Gasteiger partial charge in [0.1, 0.15) is 11.6 Å². The zero-order chi connectivity index (χ0) is 15.4. The van der Waals surface area contributed by atoms with E-state index in [9.17, 15) is 4.39 Å². The Morgan fingerprint density at radius 1 is 1.14 bits per heavy atom. The minimum absolute atomic E-state index is 0.0708. The van der Waals surface area contributed by atoms with Gasteiger partial charge in [-0.3, -0.25) is 0 Å². The van der Waals surface area contributed by atoms with Gasteiger partial charge in [0.2, 0.25) is 5.95 Å². The molecule has 0 spiro atoms. The molecule has 22 heavy (non-hydrogen) atoms. The fraction of sp³-hybridized carbons (Fsp3) is 0.375. The number of nitrogens with zero attached hydrogens (tertiary/aromatic N) is 2. The number of benzene rings is 1. The highest BCUT2D eigenvalue weighted by molar-refractivity contribution is 6.31. The Kier molecular flexibility index (Phi) is 4.73. The molecular formula is C16H18ClFN4. The van der Waals surface area contributed by atoms with Crippen molar-refractivity contribution in [3.05, 3.63) is 41.3 Å². The SMILES string of the molecule is Fc1ccc(Nc2nccc(NC3CCCCC3)n2)cc1Cl. The minimum atomic E-state index is -0.444. The van der Waals surface area contributed by atoms with Crippen LogP contribution in [0.1, 0.15) is 32.1 Å². The lowest BCUT2D eigenvalue weighted by molar-refractivity contribution is 0.462. The van der Waals surface area contributed by atoms with E-state index >= 15 is 0 Å². The summed E-state index contributed by atoms with van der Waals surface area (Å²) in [7, 11) is 0. The van der Waals surface area contributed by atoms with Crippen LogP contribution in [0.15, 0.2) is 30.5 Å². The fourth-order valence-corrected chi connectivity index (χ4v) is 2.84. The van der Waals surface area contributed by atoms with Crippen molar-refractivity contribution in [1.29, 1.82) is 0 Å². The number of aromatic nitrogens is 2. The number of nitrogens with one attached hydrogen (secondary N) is 2. The highest BCUT2D eigenvalue weighted by atomic mass is 35.5. The van der Waals surface area contributed by atoms with E-state index in [1.54, 1.807) is 12.3 Å². The molecule has 0 aliphatic heterocycles. The van der Waals surface area contributed by atoms with Crippen molar-refractivity contribution >= 4 is 29.1 Å². The van der Waals surface area contributed by atoms with Crippen LogP contribution in [-0.4, -0.2) is 16.0 Å². The molecule has 1 aromatic carbocycles. The van der Waals surface area contributed by atoms with Gasteiger partial charge in [-0.15, -0.1) is 0 Å². The van der Waals surface area contributed by atoms with Crippen LogP contribution in [0.2, 0.25) is 5.02 Å². The van der Waals surface area contributed by atoms with Crippen LogP contribution in [0.4, 0.5) is 21.8 Å². The smallest absolute Gasteiger partial charge is 0.229 e. The monoisotopic (exact) mass is 320 g/mol. The summed E-state index contributed by atoms with van der Waals surface area (Å²) in [6.07, 6.45) is 7.91. The Hall–Kier alpha value is -1.88. The van der Waals surface area contributed by atoms with Gasteiger partial charge in [0.25, 0.3) is 0 Å². The zero-order valence-corrected chi connectivity index (χ0v) is 12.9. The largest absolute Gasteiger partial charge is 0.367 e. The minimum Gasteiger partial charge on any atom is -0.367 e. The molecule has 0 atom stereocenters. The molecule has 0 saturated heterocycles. The first-order valence-corrected chi connectivity index (χ1v) is 7.90. The van der Waals surface area contributed by atoms with Gasteiger partial charge < -0.3 is 10.6 Å². The molecule has 6 heteroatoms. The quantitative estimate of drug-likeness (QED) is 0.853. The molecule has 0 amide bonds. The molecule has 1 aromatic heterocycles. The molecule has 1 fully saturated rings. The summed E-state index contributed by atoms with van der Waals surface area (Å²) in [6, 6.07) is 6.77. The van der Waals surface area contributed by atoms with Crippen molar-refractivity contribution in [3.8, 4) is 0 Å². The second-order valence-corrected chi connectivity index (χ2v) is 5.91. The molecule has 1 saturated carbocycles. The summed E-state index contributed by atoms with van der Waals surface area (Å²) in [5.41, 5.74) is 0.654. The molecule has 2 N–H and O–H groups in total. The van der Waals surface area contributed by atoms with E-state index in [4.69, 9.17) is 11.6 Å². The first-order chi connectivity index (χ1) is 10.7. The second kappa shape index (κ2) is 6.92. The molecule has 1 aliphatic carbocycles. The molecule has 0 radical (unpaired) electrons. The van der Waals surface area contributed by atoms with Crippen molar-refractivity contribution in [2.75, 3.05) is 10.6 Å². The second-order valence-electron chi connectivity index (χ2n) is 5.50. The van der Waals surface area contributed by atoms with Gasteiger partial charge in [0.05, 0.1) is 5.02 Å². The average molecular weight is 321 g/mol. The highest BCUT2D eigenvalue weighted by Gasteiger charge is 2.13. The number of anilines is 3. The Morgan fingerprint density at radius 3 is 2.73 bits per heavy atom. The summed E-state index contributed by atoms with van der Waals surface area (Å²) in [6.45, 7) is 0. The normalized spacial score (nSPS) is 15.5. The maximum Gasteiger partial charge on any atom is 0.229 e. The van der Waals surface area contributed by atoms with E-state index in [0.29, 0.717) is 17.7 Å². The lowest BCUT2D eigenvalue weighted by atomic mass is 9.95. The Balaban J connectivity index is 1.68. The van der Waals surface area contributed by atoms with E-state index in [-0.39, 0.29) is 5.02 Å². The van der Waals surface area contributed by atoms with E-state index in [1.165, 1.54) is 44.2 Å². The van der Waals surface area contributed by atoms with E-state index in [1.807, 2.05) is 6.07 Å². The van der Waals surface area contributed by atoms with Crippen LogP contribution in [-0.2, 0) is 0 Å². The molecule has 1 heterocycles. The van der Waals surface area contributed by atoms with E-state index in [0.717, 1.165) is 5.82 Å². The molecule has 0 bridgehead atoms. The average Bonchev–Trinajstić information content (AvgIpc) is 2.52. The van der Waals surface area contributed by atoms with Crippen molar-refractivity contribution in [1.82, 2.24) is 9.97 Å². The highest BCUT2D eigenvalue weighted by Crippen LogP contribution is 2.23. The molecule has 3 rings (SSSR count). The molecule has 0 unspecified atom stereocenters. The lowest BCUT2D eigenvalue weighted by Crippen LogP contribution is -2.22. The van der Waals surface area contributed by atoms with Crippen molar-refractivity contribution in [2.24, 2.45) is 0 Å². The van der Waals surface area contributed by atoms with Crippen LogP contribution in [0.25, 0.3) is 0 Å². The predicted molar refractivity (Wildman–Crippen MR) is 87.2 cm³/mol. The van der Waals surface area contributed by atoms with Gasteiger partial charge in [-0.2, -0.15) is 4.98 Å². The third kappa shape index (κ3) is 3.85. The lowest BCUT2D eigenvalue weighted by Gasteiger charge is -2.23. The van der Waals surface area contributed by atoms with Crippen LogP contribution in [0, 0.1) is 5.82 Å². The maximum absolute atomic E-state index is 13.2. The summed E-state index contributed by atoms with van der Waals surface area (Å²) < 4.78 is 13.2. The first kappa shape index (κ1) is 15.0. The number of halogens is 2. The van der Waals surface area contributed by atoms with Gasteiger partial charge in [-0.05, 0) is 37.1 Å². The molecular weight excluding hydrogens is 303 g/mol. The maximum atomic E-state index is 13.2. The molecule has 116 valence electrons. The summed E-state index contributed by atoms with van der Waals surface area (Å²) in [4.78, 5) is 8.62. The predicted octanol–water partition coefficient (Wildman–Crippen LogP) is 4.76. The third-order valence-electron chi connectivity index (χ3n) is 3.79. The number of hydrogen-bond acceptors (Lipinski definition) is 4. The topological polar surface area (TPSA) is 49.8 Å². The molecule has 2 aromatic rings. The van der Waals surface area contributed by atoms with Crippen molar-refractivity contribution in [3.63, 3.8) is 0 Å². The van der Waals surface area contributed by atoms with Gasteiger partial charge >= 0.3 is 0 Å². The Morgan fingerprint density at radius 2 is 1.95 bits per heavy atom. The fourth-order valence-electron chi connectivity index (χ4n) is 2.66. The molecule has 1 aliphatic rings. The Labute approximate surface area is 134 Å². The van der Waals surface area contributed by atoms with Crippen LogP contribution in [0.3, 0.4) is 0 Å². The van der Waals surface area contributed by atoms with Crippen LogP contribution in [0.5, 0.6) is 0 Å². The summed E-state index contributed by atoms with van der Waals surface area (Å²) in [5, 5.41) is 6.56. The van der Waals surface area contributed by atoms with E-state index in [2.05, 4.69) is 20.6 Å². The van der Waals surface area contributed by atoms with E-state index < -0.39 is 5.82 Å². The number of hydrogen-bond donors (Lipinski definition) is 2. The van der Waals surface area contributed by atoms with Gasteiger partial charge in [0.15, 0.2) is 0 Å². The third-order valence-corrected chi connectivity index (χ3v) is 4.08. The Bertz CT molecular complexity index is 644. The first-order valence-electron chi connectivity index (χ1n) is 7.52. The van der Waals surface area contributed by atoms with Crippen LogP contribution >= 0.6 is 11.6 Å². The van der Waals surface area contributed by atoms with Crippen molar-refractivity contribution < 1.29 is 4.39 Å². The number of rotatable bonds is 4. The molecule has 4 nitrogen and oxygen atoms in total. The summed E-state index contributed by atoms with van der Waals surface area (Å²) in [5.74, 6) is 0.821. The summed E-state index contributed by atoms with van der Waals surface area (Å²) >= 11 is 5.77. The van der Waals surface area contributed by atoms with Crippen molar-refractivity contribution in [2.45, 2.75) is 38.1 Å².